The summed E-state index contributed by atoms with van der Waals surface area (Å²) in [6.45, 7) is 1.20. The number of rotatable bonds is 6. The molecule has 6 nitrogen and oxygen atoms in total. The van der Waals surface area contributed by atoms with E-state index >= 15 is 0 Å². The highest BCUT2D eigenvalue weighted by Crippen LogP contribution is 2.29. The molecule has 0 fully saturated rings. The maximum atomic E-state index is 12.4. The summed E-state index contributed by atoms with van der Waals surface area (Å²) >= 11 is 12.0. The van der Waals surface area contributed by atoms with Gasteiger partial charge in [-0.15, -0.1) is 0 Å². The van der Waals surface area contributed by atoms with Gasteiger partial charge in [-0.05, 0) is 38.4 Å². The van der Waals surface area contributed by atoms with E-state index in [1.54, 1.807) is 18.2 Å². The fourth-order valence-corrected chi connectivity index (χ4v) is 2.32. The smallest absolute Gasteiger partial charge is 0.269 e. The van der Waals surface area contributed by atoms with Crippen molar-refractivity contribution in [1.82, 2.24) is 15.2 Å². The van der Waals surface area contributed by atoms with Gasteiger partial charge in [0.05, 0.1) is 15.7 Å². The molecule has 2 N–H and O–H groups in total. The van der Waals surface area contributed by atoms with Crippen LogP contribution < -0.4 is 10.6 Å². The molecule has 2 amide bonds. The molecule has 8 heteroatoms. The van der Waals surface area contributed by atoms with Crippen molar-refractivity contribution in [3.05, 3.63) is 57.8 Å². The maximum Gasteiger partial charge on any atom is 0.269 e. The van der Waals surface area contributed by atoms with Gasteiger partial charge in [-0.3, -0.25) is 14.6 Å². The summed E-state index contributed by atoms with van der Waals surface area (Å²) in [6.07, 6.45) is 1.41. The van der Waals surface area contributed by atoms with Crippen molar-refractivity contribution in [2.45, 2.75) is 0 Å². The lowest BCUT2D eigenvalue weighted by atomic mass is 10.2. The Bertz CT molecular complexity index is 781. The summed E-state index contributed by atoms with van der Waals surface area (Å²) in [7, 11) is 3.83. The number of pyridine rings is 1. The van der Waals surface area contributed by atoms with Crippen LogP contribution in [0.1, 0.15) is 20.8 Å². The Morgan fingerprint density at radius 2 is 1.92 bits per heavy atom. The Kier molecular flexibility index (Phi) is 6.75. The zero-order valence-corrected chi connectivity index (χ0v) is 15.4. The monoisotopic (exact) mass is 380 g/mol. The van der Waals surface area contributed by atoms with Crippen molar-refractivity contribution in [1.29, 1.82) is 0 Å². The van der Waals surface area contributed by atoms with E-state index in [4.69, 9.17) is 23.2 Å². The molecule has 0 aliphatic carbocycles. The highest BCUT2D eigenvalue weighted by atomic mass is 35.5. The number of anilines is 1. The van der Waals surface area contributed by atoms with Crippen LogP contribution in [0.3, 0.4) is 0 Å². The van der Waals surface area contributed by atoms with Crippen LogP contribution in [0.15, 0.2) is 36.5 Å². The second kappa shape index (κ2) is 8.80. The van der Waals surface area contributed by atoms with Crippen molar-refractivity contribution in [2.75, 3.05) is 32.5 Å². The maximum absolute atomic E-state index is 12.4. The molecule has 0 unspecified atom stereocenters. The van der Waals surface area contributed by atoms with E-state index in [2.05, 4.69) is 15.6 Å². The molecular formula is C17H18Cl2N4O2. The number of aromatic nitrogens is 1. The second-order valence-corrected chi connectivity index (χ2v) is 6.33. The van der Waals surface area contributed by atoms with Gasteiger partial charge in [0.15, 0.2) is 0 Å². The molecule has 1 aromatic heterocycles. The van der Waals surface area contributed by atoms with Crippen molar-refractivity contribution < 1.29 is 9.59 Å². The third-order valence-corrected chi connectivity index (χ3v) is 4.12. The number of carbonyl (C=O) groups excluding carboxylic acids is 2. The van der Waals surface area contributed by atoms with Crippen LogP contribution in [0.5, 0.6) is 0 Å². The Hall–Kier alpha value is -2.15. The average molecular weight is 381 g/mol. The average Bonchev–Trinajstić information content (AvgIpc) is 2.58. The number of likely N-dealkylation sites (N-methyl/N-ethyl adjacent to an activating group) is 1. The zero-order chi connectivity index (χ0) is 18.4. The lowest BCUT2D eigenvalue weighted by molar-refractivity contribution is 0.0946. The van der Waals surface area contributed by atoms with Crippen molar-refractivity contribution in [3.63, 3.8) is 0 Å². The number of nitrogens with one attached hydrogen (secondary N) is 2. The molecule has 2 aromatic rings. The van der Waals surface area contributed by atoms with Gasteiger partial charge in [0.1, 0.15) is 5.69 Å². The molecule has 1 heterocycles. The number of hydrogen-bond acceptors (Lipinski definition) is 4. The quantitative estimate of drug-likeness (QED) is 0.807. The number of carbonyl (C=O) groups is 2. The summed E-state index contributed by atoms with van der Waals surface area (Å²) in [4.78, 5) is 30.4. The van der Waals surface area contributed by atoms with Gasteiger partial charge in [0.2, 0.25) is 0 Å². The number of amides is 2. The van der Waals surface area contributed by atoms with Crippen molar-refractivity contribution >= 4 is 40.7 Å². The summed E-state index contributed by atoms with van der Waals surface area (Å²) in [5.41, 5.74) is 0.861. The normalized spacial score (nSPS) is 10.6. The summed E-state index contributed by atoms with van der Waals surface area (Å²) in [6, 6.07) is 7.90. The predicted molar refractivity (Wildman–Crippen MR) is 99.5 cm³/mol. The summed E-state index contributed by atoms with van der Waals surface area (Å²) in [5.74, 6) is -0.744. The van der Waals surface area contributed by atoms with Gasteiger partial charge < -0.3 is 15.5 Å². The molecule has 0 radical (unpaired) electrons. The topological polar surface area (TPSA) is 74.3 Å². The first kappa shape index (κ1) is 19.2. The van der Waals surface area contributed by atoms with Crippen LogP contribution in [0.2, 0.25) is 10.0 Å². The number of nitrogens with zero attached hydrogens (tertiary/aromatic N) is 2. The highest BCUT2D eigenvalue weighted by Gasteiger charge is 2.13. The molecule has 132 valence electrons. The van der Waals surface area contributed by atoms with E-state index in [-0.39, 0.29) is 16.6 Å². The number of benzene rings is 1. The van der Waals surface area contributed by atoms with E-state index in [0.29, 0.717) is 29.4 Å². The standard InChI is InChI=1S/C17H18Cl2N4O2/c1-23(2)9-8-21-17(25)14-10-11(6-7-20-14)16(24)22-13-5-3-4-12(18)15(13)19/h3-7,10H,8-9H2,1-2H3,(H,21,25)(H,22,24). The van der Waals surface area contributed by atoms with E-state index in [0.717, 1.165) is 0 Å². The molecule has 0 aliphatic heterocycles. The van der Waals surface area contributed by atoms with Crippen molar-refractivity contribution in [2.24, 2.45) is 0 Å². The van der Waals surface area contributed by atoms with E-state index in [1.165, 1.54) is 18.3 Å². The van der Waals surface area contributed by atoms with Gasteiger partial charge in [-0.2, -0.15) is 0 Å². The fourth-order valence-electron chi connectivity index (χ4n) is 1.97. The molecule has 1 aromatic carbocycles. The minimum atomic E-state index is -0.408. The fraction of sp³-hybridized carbons (Fsp3) is 0.235. The van der Waals surface area contributed by atoms with Crippen LogP contribution in [0.25, 0.3) is 0 Å². The largest absolute Gasteiger partial charge is 0.349 e. The predicted octanol–water partition coefficient (Wildman–Crippen LogP) is 2.93. The third kappa shape index (κ3) is 5.42. The van der Waals surface area contributed by atoms with Gasteiger partial charge in [0.25, 0.3) is 11.8 Å². The molecule has 0 spiro atoms. The van der Waals surface area contributed by atoms with Crippen LogP contribution in [-0.2, 0) is 0 Å². The van der Waals surface area contributed by atoms with Gasteiger partial charge in [0, 0.05) is 24.8 Å². The SMILES string of the molecule is CN(C)CCNC(=O)c1cc(C(=O)Nc2cccc(Cl)c2Cl)ccn1. The molecular weight excluding hydrogens is 363 g/mol. The summed E-state index contributed by atoms with van der Waals surface area (Å²) < 4.78 is 0. The molecule has 2 rings (SSSR count). The van der Waals surface area contributed by atoms with Crippen LogP contribution in [0, 0.1) is 0 Å². The van der Waals surface area contributed by atoms with Crippen LogP contribution in [0.4, 0.5) is 5.69 Å². The number of halogens is 2. The Morgan fingerprint density at radius 3 is 2.64 bits per heavy atom. The van der Waals surface area contributed by atoms with Crippen molar-refractivity contribution in [3.8, 4) is 0 Å². The van der Waals surface area contributed by atoms with E-state index < -0.39 is 5.91 Å². The van der Waals surface area contributed by atoms with Gasteiger partial charge in [-0.25, -0.2) is 0 Å². The van der Waals surface area contributed by atoms with Crippen LogP contribution in [-0.4, -0.2) is 48.9 Å². The molecule has 0 aliphatic rings. The summed E-state index contributed by atoms with van der Waals surface area (Å²) in [5, 5.41) is 6.02. The third-order valence-electron chi connectivity index (χ3n) is 3.30. The molecule has 0 saturated carbocycles. The molecule has 0 atom stereocenters. The highest BCUT2D eigenvalue weighted by molar-refractivity contribution is 6.44. The lowest BCUT2D eigenvalue weighted by Gasteiger charge is -2.11. The van der Waals surface area contributed by atoms with Gasteiger partial charge >= 0.3 is 0 Å². The first-order valence-electron chi connectivity index (χ1n) is 7.53. The zero-order valence-electron chi connectivity index (χ0n) is 13.8. The van der Waals surface area contributed by atoms with E-state index in [1.807, 2.05) is 19.0 Å². The Labute approximate surface area is 156 Å². The van der Waals surface area contributed by atoms with Crippen LogP contribution >= 0.6 is 23.2 Å². The van der Waals surface area contributed by atoms with E-state index in [9.17, 15) is 9.59 Å². The number of hydrogen-bond donors (Lipinski definition) is 2. The molecule has 0 saturated heterocycles. The lowest BCUT2D eigenvalue weighted by Crippen LogP contribution is -2.32. The molecule has 25 heavy (non-hydrogen) atoms. The second-order valence-electron chi connectivity index (χ2n) is 5.54. The minimum absolute atomic E-state index is 0.170. The first-order chi connectivity index (χ1) is 11.9. The minimum Gasteiger partial charge on any atom is -0.349 e. The first-order valence-corrected chi connectivity index (χ1v) is 8.28. The Morgan fingerprint density at radius 1 is 1.16 bits per heavy atom. The molecule has 0 bridgehead atoms. The Balaban J connectivity index is 2.08. The van der Waals surface area contributed by atoms with Gasteiger partial charge in [-0.1, -0.05) is 29.3 Å².